The maximum Gasteiger partial charge on any atom is 0.321 e. The second-order valence-electron chi connectivity index (χ2n) is 4.18. The Bertz CT molecular complexity index is 429. The number of carbonyl (C=O) groups is 2. The molecule has 1 aromatic rings. The topological polar surface area (TPSA) is 110 Å². The molecule has 1 heterocycles. The summed E-state index contributed by atoms with van der Waals surface area (Å²) in [7, 11) is 0. The Kier molecular flexibility index (Phi) is 4.00. The number of nitrogens with two attached hydrogens (primary N) is 1. The fourth-order valence-corrected chi connectivity index (χ4v) is 1.46. The standard InChI is InChI=1S/C9H15N5O2S/c1-5-13-14-8(17-5)12-7(16)11-4-9(2,3)6(10)15/h4H2,1-3H3,(H2,10,15)(H2,11,12,14,16). The number of aryl methyl sites for hydroxylation is 1. The molecule has 3 amide bonds. The van der Waals surface area contributed by atoms with Crippen molar-refractivity contribution < 1.29 is 9.59 Å². The van der Waals surface area contributed by atoms with E-state index in [-0.39, 0.29) is 6.54 Å². The molecule has 17 heavy (non-hydrogen) atoms. The van der Waals surface area contributed by atoms with E-state index in [0.717, 1.165) is 5.01 Å². The van der Waals surface area contributed by atoms with Gasteiger partial charge in [-0.3, -0.25) is 10.1 Å². The second kappa shape index (κ2) is 5.09. The molecule has 0 atom stereocenters. The lowest BCUT2D eigenvalue weighted by Crippen LogP contribution is -2.43. The third-order valence-corrected chi connectivity index (χ3v) is 2.86. The van der Waals surface area contributed by atoms with Gasteiger partial charge >= 0.3 is 6.03 Å². The molecule has 0 aromatic carbocycles. The Balaban J connectivity index is 2.43. The van der Waals surface area contributed by atoms with Crippen LogP contribution < -0.4 is 16.4 Å². The van der Waals surface area contributed by atoms with Crippen LogP contribution in [0.25, 0.3) is 0 Å². The van der Waals surface area contributed by atoms with E-state index in [1.165, 1.54) is 11.3 Å². The fraction of sp³-hybridized carbons (Fsp3) is 0.556. The van der Waals surface area contributed by atoms with Gasteiger partial charge in [0.25, 0.3) is 0 Å². The molecule has 0 saturated heterocycles. The van der Waals surface area contributed by atoms with Crippen molar-refractivity contribution in [2.24, 2.45) is 11.1 Å². The Labute approximate surface area is 103 Å². The van der Waals surface area contributed by atoms with Gasteiger partial charge in [-0.15, -0.1) is 10.2 Å². The van der Waals surface area contributed by atoms with Crippen LogP contribution in [0.15, 0.2) is 0 Å². The van der Waals surface area contributed by atoms with Crippen LogP contribution in [0.2, 0.25) is 0 Å². The highest BCUT2D eigenvalue weighted by atomic mass is 32.1. The lowest BCUT2D eigenvalue weighted by Gasteiger charge is -2.20. The number of nitrogens with one attached hydrogen (secondary N) is 2. The number of nitrogens with zero attached hydrogens (tertiary/aromatic N) is 2. The van der Waals surface area contributed by atoms with Gasteiger partial charge < -0.3 is 11.1 Å². The van der Waals surface area contributed by atoms with E-state index in [0.29, 0.717) is 5.13 Å². The fourth-order valence-electron chi connectivity index (χ4n) is 0.877. The van der Waals surface area contributed by atoms with Gasteiger partial charge in [-0.2, -0.15) is 0 Å². The highest BCUT2D eigenvalue weighted by Gasteiger charge is 2.25. The van der Waals surface area contributed by atoms with Crippen molar-refractivity contribution in [2.75, 3.05) is 11.9 Å². The molecule has 0 aliphatic heterocycles. The first-order valence-electron chi connectivity index (χ1n) is 4.96. The summed E-state index contributed by atoms with van der Waals surface area (Å²) in [6, 6.07) is -0.435. The summed E-state index contributed by atoms with van der Waals surface area (Å²) in [5.74, 6) is -0.468. The minimum absolute atomic E-state index is 0.159. The van der Waals surface area contributed by atoms with E-state index in [1.807, 2.05) is 0 Å². The van der Waals surface area contributed by atoms with Crippen LogP contribution in [0, 0.1) is 12.3 Å². The molecule has 0 fully saturated rings. The summed E-state index contributed by atoms with van der Waals surface area (Å²) in [5, 5.41) is 13.7. The lowest BCUT2D eigenvalue weighted by molar-refractivity contribution is -0.125. The molecule has 8 heteroatoms. The zero-order valence-corrected chi connectivity index (χ0v) is 10.7. The molecule has 0 unspecified atom stereocenters. The number of urea groups is 1. The summed E-state index contributed by atoms with van der Waals surface area (Å²) < 4.78 is 0. The van der Waals surface area contributed by atoms with Gasteiger partial charge in [0.15, 0.2) is 0 Å². The number of aromatic nitrogens is 2. The largest absolute Gasteiger partial charge is 0.369 e. The molecule has 7 nitrogen and oxygen atoms in total. The van der Waals surface area contributed by atoms with E-state index < -0.39 is 17.4 Å². The lowest BCUT2D eigenvalue weighted by atomic mass is 9.93. The molecule has 0 saturated carbocycles. The summed E-state index contributed by atoms with van der Waals surface area (Å²) in [4.78, 5) is 22.5. The van der Waals surface area contributed by atoms with Gasteiger partial charge in [-0.25, -0.2) is 4.79 Å². The Morgan fingerprint density at radius 1 is 1.41 bits per heavy atom. The quantitative estimate of drug-likeness (QED) is 0.728. The number of primary amides is 1. The van der Waals surface area contributed by atoms with Gasteiger partial charge in [-0.05, 0) is 20.8 Å². The SMILES string of the molecule is Cc1nnc(NC(=O)NCC(C)(C)C(N)=O)s1. The number of anilines is 1. The zero-order chi connectivity index (χ0) is 13.1. The van der Waals surface area contributed by atoms with Crippen molar-refractivity contribution in [3.8, 4) is 0 Å². The second-order valence-corrected chi connectivity index (χ2v) is 5.36. The van der Waals surface area contributed by atoms with Crippen LogP contribution >= 0.6 is 11.3 Å². The minimum Gasteiger partial charge on any atom is -0.369 e. The average Bonchev–Trinajstić information content (AvgIpc) is 2.61. The molecule has 0 aliphatic carbocycles. The molecular formula is C9H15N5O2S. The highest BCUT2D eigenvalue weighted by Crippen LogP contribution is 2.14. The first kappa shape index (κ1) is 13.4. The Hall–Kier alpha value is -1.70. The van der Waals surface area contributed by atoms with Crippen LogP contribution in [-0.4, -0.2) is 28.7 Å². The zero-order valence-electron chi connectivity index (χ0n) is 9.90. The molecule has 1 aromatic heterocycles. The molecule has 0 aliphatic rings. The van der Waals surface area contributed by atoms with E-state index in [1.54, 1.807) is 20.8 Å². The van der Waals surface area contributed by atoms with Crippen molar-refractivity contribution in [2.45, 2.75) is 20.8 Å². The minimum atomic E-state index is -0.783. The van der Waals surface area contributed by atoms with Crippen molar-refractivity contribution in [1.29, 1.82) is 0 Å². The molecule has 94 valence electrons. The number of hydrogen-bond donors (Lipinski definition) is 3. The summed E-state index contributed by atoms with van der Waals surface area (Å²) in [5.41, 5.74) is 4.40. The predicted octanol–water partition coefficient (Wildman–Crippen LogP) is 0.480. The molecular weight excluding hydrogens is 242 g/mol. The number of rotatable bonds is 4. The summed E-state index contributed by atoms with van der Waals surface area (Å²) >= 11 is 1.27. The van der Waals surface area contributed by atoms with E-state index in [4.69, 9.17) is 5.73 Å². The van der Waals surface area contributed by atoms with Crippen molar-refractivity contribution in [3.63, 3.8) is 0 Å². The van der Waals surface area contributed by atoms with Crippen LogP contribution in [0.1, 0.15) is 18.9 Å². The number of amides is 3. The summed E-state index contributed by atoms with van der Waals surface area (Å²) in [6.07, 6.45) is 0. The summed E-state index contributed by atoms with van der Waals surface area (Å²) in [6.45, 7) is 5.26. The van der Waals surface area contributed by atoms with Gasteiger partial charge in [0.05, 0.1) is 5.41 Å². The molecule has 1 rings (SSSR count). The van der Waals surface area contributed by atoms with Gasteiger partial charge in [0, 0.05) is 6.54 Å². The average molecular weight is 257 g/mol. The van der Waals surface area contributed by atoms with Gasteiger partial charge in [0.1, 0.15) is 5.01 Å². The third kappa shape index (κ3) is 3.99. The normalized spacial score (nSPS) is 11.0. The first-order valence-corrected chi connectivity index (χ1v) is 5.78. The van der Waals surface area contributed by atoms with Crippen LogP contribution in [0.5, 0.6) is 0 Å². The molecule has 4 N–H and O–H groups in total. The van der Waals surface area contributed by atoms with E-state index in [2.05, 4.69) is 20.8 Å². The monoisotopic (exact) mass is 257 g/mol. The smallest absolute Gasteiger partial charge is 0.321 e. The van der Waals surface area contributed by atoms with Gasteiger partial charge in [-0.1, -0.05) is 11.3 Å². The van der Waals surface area contributed by atoms with Crippen molar-refractivity contribution in [3.05, 3.63) is 5.01 Å². The Morgan fingerprint density at radius 2 is 2.06 bits per heavy atom. The van der Waals surface area contributed by atoms with Crippen molar-refractivity contribution in [1.82, 2.24) is 15.5 Å². The Morgan fingerprint density at radius 3 is 2.53 bits per heavy atom. The molecule has 0 spiro atoms. The molecule has 0 radical (unpaired) electrons. The number of hydrogen-bond acceptors (Lipinski definition) is 5. The first-order chi connectivity index (χ1) is 7.81. The maximum atomic E-state index is 11.5. The molecule has 0 bridgehead atoms. The highest BCUT2D eigenvalue weighted by molar-refractivity contribution is 7.15. The number of carbonyl (C=O) groups excluding carboxylic acids is 2. The predicted molar refractivity (Wildman–Crippen MR) is 64.6 cm³/mol. The van der Waals surface area contributed by atoms with Gasteiger partial charge in [0.2, 0.25) is 11.0 Å². The van der Waals surface area contributed by atoms with E-state index in [9.17, 15) is 9.59 Å². The maximum absolute atomic E-state index is 11.5. The third-order valence-electron chi connectivity index (χ3n) is 2.10. The van der Waals surface area contributed by atoms with Crippen LogP contribution in [0.3, 0.4) is 0 Å². The van der Waals surface area contributed by atoms with E-state index >= 15 is 0 Å². The van der Waals surface area contributed by atoms with Crippen molar-refractivity contribution >= 4 is 28.4 Å². The van der Waals surface area contributed by atoms with Crippen LogP contribution in [0.4, 0.5) is 9.93 Å². The van der Waals surface area contributed by atoms with Crippen LogP contribution in [-0.2, 0) is 4.79 Å².